The fourth-order valence-electron chi connectivity index (χ4n) is 4.26. The quantitative estimate of drug-likeness (QED) is 0.541. The molecule has 1 heterocycles. The van der Waals surface area contributed by atoms with E-state index < -0.39 is 0 Å². The second-order valence-electron chi connectivity index (χ2n) is 9.20. The Kier molecular flexibility index (Phi) is 7.80. The summed E-state index contributed by atoms with van der Waals surface area (Å²) in [6.45, 7) is 7.28. The number of aryl methyl sites for hydroxylation is 1. The Balaban J connectivity index is 1.35. The number of carbonyl (C=O) groups excluding carboxylic acids is 3. The minimum atomic E-state index is -0.248. The van der Waals surface area contributed by atoms with Crippen LogP contribution in [0, 0.1) is 6.92 Å². The first-order valence-electron chi connectivity index (χ1n) is 12.1. The molecule has 1 aliphatic heterocycles. The van der Waals surface area contributed by atoms with Crippen LogP contribution in [0.4, 0.5) is 5.69 Å². The SMILES string of the molecule is Cc1ccc(C(=O)NCc2ccc(C(=O)N3CC(C)OC(C)C3)cc2)cc1NC(=O)c1ccccc1. The Bertz CT molecular complexity index is 1230. The van der Waals surface area contributed by atoms with Crippen molar-refractivity contribution in [3.63, 3.8) is 0 Å². The van der Waals surface area contributed by atoms with E-state index in [1.54, 1.807) is 48.5 Å². The van der Waals surface area contributed by atoms with Crippen LogP contribution in [-0.4, -0.2) is 47.9 Å². The number of rotatable bonds is 6. The van der Waals surface area contributed by atoms with Crippen LogP contribution in [0.15, 0.2) is 72.8 Å². The lowest BCUT2D eigenvalue weighted by Gasteiger charge is -2.35. The predicted octanol–water partition coefficient (Wildman–Crippen LogP) is 4.43. The van der Waals surface area contributed by atoms with Gasteiger partial charge in [0.15, 0.2) is 0 Å². The van der Waals surface area contributed by atoms with E-state index in [4.69, 9.17) is 4.74 Å². The molecule has 3 amide bonds. The molecule has 2 atom stereocenters. The van der Waals surface area contributed by atoms with Gasteiger partial charge in [0.1, 0.15) is 0 Å². The van der Waals surface area contributed by atoms with Gasteiger partial charge in [-0.1, -0.05) is 36.4 Å². The van der Waals surface area contributed by atoms with E-state index in [0.717, 1.165) is 11.1 Å². The molecule has 1 fully saturated rings. The Morgan fingerprint density at radius 2 is 1.47 bits per heavy atom. The number of carbonyl (C=O) groups is 3. The molecule has 0 spiro atoms. The molecule has 0 bridgehead atoms. The lowest BCUT2D eigenvalue weighted by Crippen LogP contribution is -2.48. The smallest absolute Gasteiger partial charge is 0.255 e. The molecule has 1 aliphatic rings. The fourth-order valence-corrected chi connectivity index (χ4v) is 4.26. The molecule has 7 nitrogen and oxygen atoms in total. The van der Waals surface area contributed by atoms with Gasteiger partial charge in [0.2, 0.25) is 0 Å². The zero-order chi connectivity index (χ0) is 25.7. The minimum Gasteiger partial charge on any atom is -0.372 e. The van der Waals surface area contributed by atoms with Gasteiger partial charge in [-0.15, -0.1) is 0 Å². The number of anilines is 1. The topological polar surface area (TPSA) is 87.7 Å². The third-order valence-electron chi connectivity index (χ3n) is 6.14. The highest BCUT2D eigenvalue weighted by Crippen LogP contribution is 2.19. The first-order chi connectivity index (χ1) is 17.3. The number of hydrogen-bond donors (Lipinski definition) is 2. The van der Waals surface area contributed by atoms with E-state index in [-0.39, 0.29) is 29.9 Å². The molecular weight excluding hydrogens is 454 g/mol. The summed E-state index contributed by atoms with van der Waals surface area (Å²) in [4.78, 5) is 40.0. The third kappa shape index (κ3) is 6.17. The normalized spacial score (nSPS) is 17.4. The zero-order valence-corrected chi connectivity index (χ0v) is 20.8. The zero-order valence-electron chi connectivity index (χ0n) is 20.8. The molecule has 3 aromatic carbocycles. The maximum absolute atomic E-state index is 12.9. The maximum Gasteiger partial charge on any atom is 0.255 e. The van der Waals surface area contributed by atoms with Crippen LogP contribution in [0.1, 0.15) is 56.0 Å². The first-order valence-corrected chi connectivity index (χ1v) is 12.1. The fraction of sp³-hybridized carbons (Fsp3) is 0.276. The van der Waals surface area contributed by atoms with Crippen molar-refractivity contribution < 1.29 is 19.1 Å². The molecule has 2 N–H and O–H groups in total. The van der Waals surface area contributed by atoms with Crippen molar-refractivity contribution in [2.75, 3.05) is 18.4 Å². The molecule has 1 saturated heterocycles. The number of benzene rings is 3. The molecule has 3 aromatic rings. The summed E-state index contributed by atoms with van der Waals surface area (Å²) in [6.07, 6.45) is 0.0299. The number of morpholine rings is 1. The lowest BCUT2D eigenvalue weighted by atomic mass is 10.1. The van der Waals surface area contributed by atoms with E-state index in [9.17, 15) is 14.4 Å². The van der Waals surface area contributed by atoms with Gasteiger partial charge in [0.25, 0.3) is 17.7 Å². The third-order valence-corrected chi connectivity index (χ3v) is 6.14. The van der Waals surface area contributed by atoms with Crippen molar-refractivity contribution >= 4 is 23.4 Å². The molecule has 0 aliphatic carbocycles. The first kappa shape index (κ1) is 25.1. The van der Waals surface area contributed by atoms with Crippen molar-refractivity contribution in [2.45, 2.75) is 39.5 Å². The van der Waals surface area contributed by atoms with Gasteiger partial charge in [-0.3, -0.25) is 14.4 Å². The van der Waals surface area contributed by atoms with Crippen LogP contribution in [0.5, 0.6) is 0 Å². The molecule has 36 heavy (non-hydrogen) atoms. The van der Waals surface area contributed by atoms with E-state index in [0.29, 0.717) is 42.0 Å². The number of hydrogen-bond acceptors (Lipinski definition) is 4. The number of nitrogens with one attached hydrogen (secondary N) is 2. The molecule has 0 saturated carbocycles. The summed E-state index contributed by atoms with van der Waals surface area (Å²) in [5.74, 6) is -0.495. The Labute approximate surface area is 211 Å². The van der Waals surface area contributed by atoms with Crippen molar-refractivity contribution in [3.05, 3.63) is 101 Å². The summed E-state index contributed by atoms with van der Waals surface area (Å²) in [7, 11) is 0. The Hall–Kier alpha value is -3.97. The Morgan fingerprint density at radius 1 is 0.833 bits per heavy atom. The second kappa shape index (κ2) is 11.2. The number of ether oxygens (including phenoxy) is 1. The van der Waals surface area contributed by atoms with Gasteiger partial charge in [0, 0.05) is 42.0 Å². The number of nitrogens with zero attached hydrogens (tertiary/aromatic N) is 1. The van der Waals surface area contributed by atoms with Crippen LogP contribution < -0.4 is 10.6 Å². The van der Waals surface area contributed by atoms with Crippen molar-refractivity contribution in [2.24, 2.45) is 0 Å². The van der Waals surface area contributed by atoms with Gasteiger partial charge in [-0.05, 0) is 68.3 Å². The van der Waals surface area contributed by atoms with E-state index >= 15 is 0 Å². The van der Waals surface area contributed by atoms with Gasteiger partial charge in [-0.2, -0.15) is 0 Å². The van der Waals surface area contributed by atoms with Gasteiger partial charge >= 0.3 is 0 Å². The molecular formula is C29H31N3O4. The summed E-state index contributed by atoms with van der Waals surface area (Å²) >= 11 is 0. The van der Waals surface area contributed by atoms with E-state index in [1.165, 1.54) is 0 Å². The molecule has 0 aromatic heterocycles. The predicted molar refractivity (Wildman–Crippen MR) is 139 cm³/mol. The maximum atomic E-state index is 12.9. The van der Waals surface area contributed by atoms with Gasteiger partial charge in [0.05, 0.1) is 12.2 Å². The van der Waals surface area contributed by atoms with Crippen LogP contribution in [-0.2, 0) is 11.3 Å². The Morgan fingerprint density at radius 3 is 2.14 bits per heavy atom. The highest BCUT2D eigenvalue weighted by atomic mass is 16.5. The summed E-state index contributed by atoms with van der Waals surface area (Å²) < 4.78 is 5.71. The molecule has 0 radical (unpaired) electrons. The van der Waals surface area contributed by atoms with Crippen molar-refractivity contribution in [1.29, 1.82) is 0 Å². The summed E-state index contributed by atoms with van der Waals surface area (Å²) in [5.41, 5.74) is 3.95. The largest absolute Gasteiger partial charge is 0.372 e. The van der Waals surface area contributed by atoms with Crippen molar-refractivity contribution in [1.82, 2.24) is 10.2 Å². The van der Waals surface area contributed by atoms with Crippen LogP contribution in [0.3, 0.4) is 0 Å². The average Bonchev–Trinajstić information content (AvgIpc) is 2.88. The molecule has 2 unspecified atom stereocenters. The van der Waals surface area contributed by atoms with E-state index in [2.05, 4.69) is 10.6 Å². The summed E-state index contributed by atoms with van der Waals surface area (Å²) in [6, 6.07) is 21.4. The summed E-state index contributed by atoms with van der Waals surface area (Å²) in [5, 5.41) is 5.79. The number of amides is 3. The van der Waals surface area contributed by atoms with Gasteiger partial charge < -0.3 is 20.3 Å². The highest BCUT2D eigenvalue weighted by molar-refractivity contribution is 6.05. The lowest BCUT2D eigenvalue weighted by molar-refractivity contribution is -0.0586. The second-order valence-corrected chi connectivity index (χ2v) is 9.20. The van der Waals surface area contributed by atoms with E-state index in [1.807, 2.05) is 49.9 Å². The van der Waals surface area contributed by atoms with Crippen LogP contribution >= 0.6 is 0 Å². The molecule has 4 rings (SSSR count). The van der Waals surface area contributed by atoms with Gasteiger partial charge in [-0.25, -0.2) is 0 Å². The standard InChI is InChI=1S/C29H31N3O4/c1-19-9-12-25(15-26(19)31-28(34)23-7-5-4-6-8-23)27(33)30-16-22-10-13-24(14-11-22)29(35)32-17-20(2)36-21(3)18-32/h4-15,20-21H,16-18H2,1-3H3,(H,30,33)(H,31,34). The monoisotopic (exact) mass is 485 g/mol. The minimum absolute atomic E-state index is 0.0149. The average molecular weight is 486 g/mol. The van der Waals surface area contributed by atoms with Crippen molar-refractivity contribution in [3.8, 4) is 0 Å². The molecule has 7 heteroatoms. The van der Waals surface area contributed by atoms with Crippen LogP contribution in [0.2, 0.25) is 0 Å². The highest BCUT2D eigenvalue weighted by Gasteiger charge is 2.26. The van der Waals surface area contributed by atoms with Crippen LogP contribution in [0.25, 0.3) is 0 Å². The molecule has 186 valence electrons.